The SMILES string of the molecule is CC1CCCCCN1CC(N)C#N. The minimum atomic E-state index is -0.319. The fraction of sp³-hybridized carbons (Fsp3) is 0.900. The fourth-order valence-corrected chi connectivity index (χ4v) is 1.90. The van der Waals surface area contributed by atoms with E-state index in [1.165, 1.54) is 25.7 Å². The van der Waals surface area contributed by atoms with Crippen molar-refractivity contribution in [3.8, 4) is 6.07 Å². The minimum Gasteiger partial charge on any atom is -0.315 e. The first-order valence-corrected chi connectivity index (χ1v) is 5.13. The highest BCUT2D eigenvalue weighted by atomic mass is 15.2. The molecule has 1 fully saturated rings. The Labute approximate surface area is 80.5 Å². The molecule has 2 unspecified atom stereocenters. The average Bonchev–Trinajstić information content (AvgIpc) is 2.32. The zero-order valence-electron chi connectivity index (χ0n) is 8.37. The van der Waals surface area contributed by atoms with Crippen molar-refractivity contribution in [3.63, 3.8) is 0 Å². The molecule has 2 N–H and O–H groups in total. The van der Waals surface area contributed by atoms with Crippen LogP contribution >= 0.6 is 0 Å². The van der Waals surface area contributed by atoms with E-state index in [0.717, 1.165) is 13.1 Å². The molecule has 1 saturated heterocycles. The lowest BCUT2D eigenvalue weighted by atomic mass is 10.1. The Morgan fingerprint density at radius 1 is 1.54 bits per heavy atom. The molecule has 74 valence electrons. The van der Waals surface area contributed by atoms with E-state index < -0.39 is 0 Å². The quantitative estimate of drug-likeness (QED) is 0.694. The van der Waals surface area contributed by atoms with Crippen LogP contribution in [0.2, 0.25) is 0 Å². The number of nitriles is 1. The van der Waals surface area contributed by atoms with Crippen LogP contribution in [0.3, 0.4) is 0 Å². The molecule has 2 atom stereocenters. The number of hydrogen-bond acceptors (Lipinski definition) is 3. The lowest BCUT2D eigenvalue weighted by molar-refractivity contribution is 0.210. The molecule has 1 rings (SSSR count). The molecular weight excluding hydrogens is 162 g/mol. The predicted octanol–water partition coefficient (Wildman–Crippen LogP) is 1.10. The predicted molar refractivity (Wildman–Crippen MR) is 53.1 cm³/mol. The molecule has 0 aromatic carbocycles. The molecule has 3 heteroatoms. The molecule has 0 saturated carbocycles. The van der Waals surface area contributed by atoms with Gasteiger partial charge in [-0.3, -0.25) is 4.90 Å². The van der Waals surface area contributed by atoms with Crippen LogP contribution in [0.4, 0.5) is 0 Å². The van der Waals surface area contributed by atoms with Crippen LogP contribution in [-0.4, -0.2) is 30.1 Å². The van der Waals surface area contributed by atoms with Gasteiger partial charge in [0.05, 0.1) is 6.07 Å². The van der Waals surface area contributed by atoms with Gasteiger partial charge in [-0.15, -0.1) is 0 Å². The minimum absolute atomic E-state index is 0.319. The first-order chi connectivity index (χ1) is 6.24. The van der Waals surface area contributed by atoms with Crippen molar-refractivity contribution in [1.29, 1.82) is 5.26 Å². The molecule has 1 aliphatic rings. The van der Waals surface area contributed by atoms with E-state index in [-0.39, 0.29) is 6.04 Å². The van der Waals surface area contributed by atoms with Gasteiger partial charge in [0, 0.05) is 12.6 Å². The third-order valence-corrected chi connectivity index (χ3v) is 2.79. The molecular formula is C10H19N3. The summed E-state index contributed by atoms with van der Waals surface area (Å²) in [6, 6.07) is 2.37. The van der Waals surface area contributed by atoms with Gasteiger partial charge in [0.25, 0.3) is 0 Å². The summed E-state index contributed by atoms with van der Waals surface area (Å²) in [5.41, 5.74) is 5.61. The molecule has 3 nitrogen and oxygen atoms in total. The highest BCUT2D eigenvalue weighted by Crippen LogP contribution is 2.15. The zero-order valence-corrected chi connectivity index (χ0v) is 8.37. The van der Waals surface area contributed by atoms with Crippen LogP contribution in [0.15, 0.2) is 0 Å². The molecule has 0 aromatic heterocycles. The van der Waals surface area contributed by atoms with Gasteiger partial charge >= 0.3 is 0 Å². The zero-order chi connectivity index (χ0) is 9.68. The van der Waals surface area contributed by atoms with Crippen molar-refractivity contribution in [2.24, 2.45) is 5.73 Å². The molecule has 0 spiro atoms. The topological polar surface area (TPSA) is 53.0 Å². The Balaban J connectivity index is 2.41. The molecule has 1 aliphatic heterocycles. The summed E-state index contributed by atoms with van der Waals surface area (Å²) < 4.78 is 0. The van der Waals surface area contributed by atoms with Crippen LogP contribution in [-0.2, 0) is 0 Å². The summed E-state index contributed by atoms with van der Waals surface area (Å²) in [4.78, 5) is 2.35. The van der Waals surface area contributed by atoms with Gasteiger partial charge in [-0.2, -0.15) is 5.26 Å². The van der Waals surface area contributed by atoms with Crippen LogP contribution < -0.4 is 5.73 Å². The van der Waals surface area contributed by atoms with Gasteiger partial charge in [-0.1, -0.05) is 12.8 Å². The summed E-state index contributed by atoms with van der Waals surface area (Å²) >= 11 is 0. The second-order valence-electron chi connectivity index (χ2n) is 3.93. The van der Waals surface area contributed by atoms with E-state index in [4.69, 9.17) is 11.0 Å². The normalized spacial score (nSPS) is 27.6. The number of nitrogens with zero attached hydrogens (tertiary/aromatic N) is 2. The van der Waals surface area contributed by atoms with E-state index in [1.54, 1.807) is 0 Å². The number of likely N-dealkylation sites (tertiary alicyclic amines) is 1. The average molecular weight is 181 g/mol. The van der Waals surface area contributed by atoms with Crippen molar-refractivity contribution >= 4 is 0 Å². The Morgan fingerprint density at radius 2 is 2.31 bits per heavy atom. The largest absolute Gasteiger partial charge is 0.315 e. The van der Waals surface area contributed by atoms with Gasteiger partial charge in [0.15, 0.2) is 0 Å². The van der Waals surface area contributed by atoms with Crippen LogP contribution in [0.1, 0.15) is 32.6 Å². The first-order valence-electron chi connectivity index (χ1n) is 5.13. The highest BCUT2D eigenvalue weighted by Gasteiger charge is 2.18. The summed E-state index contributed by atoms with van der Waals surface area (Å²) in [5, 5.41) is 8.62. The van der Waals surface area contributed by atoms with Crippen LogP contribution in [0.25, 0.3) is 0 Å². The maximum atomic E-state index is 8.62. The Kier molecular flexibility index (Phi) is 4.20. The molecule has 13 heavy (non-hydrogen) atoms. The van der Waals surface area contributed by atoms with Gasteiger partial charge in [-0.25, -0.2) is 0 Å². The van der Waals surface area contributed by atoms with Crippen LogP contribution in [0, 0.1) is 11.3 Å². The molecule has 1 heterocycles. The lowest BCUT2D eigenvalue weighted by Crippen LogP contribution is -2.41. The Morgan fingerprint density at radius 3 is 3.00 bits per heavy atom. The fourth-order valence-electron chi connectivity index (χ4n) is 1.90. The second kappa shape index (κ2) is 5.21. The molecule has 0 amide bonds. The summed E-state index contributed by atoms with van der Waals surface area (Å²) in [5.74, 6) is 0. The number of hydrogen-bond donors (Lipinski definition) is 1. The lowest BCUT2D eigenvalue weighted by Gasteiger charge is -2.27. The van der Waals surface area contributed by atoms with E-state index >= 15 is 0 Å². The third-order valence-electron chi connectivity index (χ3n) is 2.79. The van der Waals surface area contributed by atoms with Crippen molar-refractivity contribution in [3.05, 3.63) is 0 Å². The second-order valence-corrected chi connectivity index (χ2v) is 3.93. The van der Waals surface area contributed by atoms with Gasteiger partial charge in [-0.05, 0) is 26.3 Å². The number of rotatable bonds is 2. The van der Waals surface area contributed by atoms with E-state index in [9.17, 15) is 0 Å². The molecule has 0 aromatic rings. The third kappa shape index (κ3) is 3.33. The molecule has 0 bridgehead atoms. The Hall–Kier alpha value is -0.590. The molecule has 0 radical (unpaired) electrons. The van der Waals surface area contributed by atoms with Crippen LogP contribution in [0.5, 0.6) is 0 Å². The molecule has 0 aliphatic carbocycles. The summed E-state index contributed by atoms with van der Waals surface area (Å²) in [6.45, 7) is 4.07. The van der Waals surface area contributed by atoms with E-state index in [1.807, 2.05) is 0 Å². The maximum absolute atomic E-state index is 8.62. The summed E-state index contributed by atoms with van der Waals surface area (Å²) in [7, 11) is 0. The van der Waals surface area contributed by atoms with Crippen molar-refractivity contribution in [2.45, 2.75) is 44.7 Å². The summed E-state index contributed by atoms with van der Waals surface area (Å²) in [6.07, 6.45) is 5.14. The van der Waals surface area contributed by atoms with E-state index in [0.29, 0.717) is 6.04 Å². The highest BCUT2D eigenvalue weighted by molar-refractivity contribution is 4.90. The first kappa shape index (κ1) is 10.5. The van der Waals surface area contributed by atoms with Gasteiger partial charge in [0.1, 0.15) is 6.04 Å². The smallest absolute Gasteiger partial charge is 0.106 e. The maximum Gasteiger partial charge on any atom is 0.106 e. The Bertz CT molecular complexity index is 185. The van der Waals surface area contributed by atoms with E-state index in [2.05, 4.69) is 17.9 Å². The van der Waals surface area contributed by atoms with Crippen molar-refractivity contribution < 1.29 is 0 Å². The van der Waals surface area contributed by atoms with Gasteiger partial charge < -0.3 is 5.73 Å². The standard InChI is InChI=1S/C10H19N3/c1-9-5-3-2-4-6-13(9)8-10(12)7-11/h9-10H,2-6,8,12H2,1H3. The van der Waals surface area contributed by atoms with Crippen molar-refractivity contribution in [1.82, 2.24) is 4.90 Å². The van der Waals surface area contributed by atoms with Crippen molar-refractivity contribution in [2.75, 3.05) is 13.1 Å². The number of nitrogens with two attached hydrogens (primary N) is 1. The van der Waals surface area contributed by atoms with Gasteiger partial charge in [0.2, 0.25) is 0 Å². The monoisotopic (exact) mass is 181 g/mol.